The zero-order valence-electron chi connectivity index (χ0n) is 12.8. The van der Waals surface area contributed by atoms with Gasteiger partial charge >= 0.3 is 12.0 Å². The van der Waals surface area contributed by atoms with Crippen LogP contribution in [0.1, 0.15) is 32.6 Å². The Labute approximate surface area is 121 Å². The maximum absolute atomic E-state index is 12.0. The van der Waals surface area contributed by atoms with E-state index < -0.39 is 5.97 Å². The van der Waals surface area contributed by atoms with E-state index in [2.05, 4.69) is 17.3 Å². The van der Waals surface area contributed by atoms with E-state index >= 15 is 0 Å². The summed E-state index contributed by atoms with van der Waals surface area (Å²) in [6.07, 6.45) is 2.58. The summed E-state index contributed by atoms with van der Waals surface area (Å²) in [5.74, 6) is -0.232. The molecule has 6 nitrogen and oxygen atoms in total. The first-order valence-electron chi connectivity index (χ1n) is 7.30. The summed E-state index contributed by atoms with van der Waals surface area (Å²) in [6, 6.07) is -0.0575. The number of nitrogens with zero attached hydrogens (tertiary/aromatic N) is 2. The zero-order chi connectivity index (χ0) is 15.1. The van der Waals surface area contributed by atoms with Gasteiger partial charge in [-0.3, -0.25) is 4.79 Å². The molecule has 1 fully saturated rings. The van der Waals surface area contributed by atoms with E-state index in [4.69, 9.17) is 5.11 Å². The third-order valence-electron chi connectivity index (χ3n) is 3.77. The SMILES string of the molecule is CC(CCCC(=O)O)NC(=O)N(C)CC1CCN(C)C1. The predicted octanol–water partition coefficient (Wildman–Crippen LogP) is 1.22. The first kappa shape index (κ1) is 16.8. The average Bonchev–Trinajstić information content (AvgIpc) is 2.74. The number of urea groups is 1. The van der Waals surface area contributed by atoms with Crippen LogP contribution in [0, 0.1) is 5.92 Å². The fourth-order valence-corrected chi connectivity index (χ4v) is 2.60. The summed E-state index contributed by atoms with van der Waals surface area (Å²) in [5.41, 5.74) is 0. The summed E-state index contributed by atoms with van der Waals surface area (Å²) >= 11 is 0. The van der Waals surface area contributed by atoms with Gasteiger partial charge in [-0.1, -0.05) is 0 Å². The second kappa shape index (κ2) is 8.09. The van der Waals surface area contributed by atoms with Crippen LogP contribution in [0.4, 0.5) is 4.79 Å². The molecule has 1 aliphatic rings. The summed E-state index contributed by atoms with van der Waals surface area (Å²) in [7, 11) is 3.92. The van der Waals surface area contributed by atoms with E-state index in [9.17, 15) is 9.59 Å². The quantitative estimate of drug-likeness (QED) is 0.738. The Balaban J connectivity index is 2.21. The van der Waals surface area contributed by atoms with Crippen LogP contribution in [0.25, 0.3) is 0 Å². The highest BCUT2D eigenvalue weighted by Gasteiger charge is 2.22. The number of carbonyl (C=O) groups is 2. The van der Waals surface area contributed by atoms with Crippen molar-refractivity contribution in [3.05, 3.63) is 0 Å². The van der Waals surface area contributed by atoms with Crippen molar-refractivity contribution in [3.8, 4) is 0 Å². The third-order valence-corrected chi connectivity index (χ3v) is 3.77. The molecule has 1 heterocycles. The molecule has 0 aromatic rings. The number of likely N-dealkylation sites (tertiary alicyclic amines) is 1. The molecule has 0 aromatic carbocycles. The first-order chi connectivity index (χ1) is 9.38. The molecule has 0 aromatic heterocycles. The fourth-order valence-electron chi connectivity index (χ4n) is 2.60. The maximum atomic E-state index is 12.0. The molecule has 0 bridgehead atoms. The molecule has 0 radical (unpaired) electrons. The molecule has 2 amide bonds. The number of carboxylic acids is 1. The van der Waals surface area contributed by atoms with E-state index in [1.165, 1.54) is 0 Å². The zero-order valence-corrected chi connectivity index (χ0v) is 12.8. The molecule has 1 saturated heterocycles. The second-order valence-electron chi connectivity index (χ2n) is 5.93. The van der Waals surface area contributed by atoms with Gasteiger partial charge in [0.25, 0.3) is 0 Å². The van der Waals surface area contributed by atoms with Crippen LogP contribution in [0.3, 0.4) is 0 Å². The molecule has 2 unspecified atom stereocenters. The van der Waals surface area contributed by atoms with Crippen molar-refractivity contribution in [1.82, 2.24) is 15.1 Å². The van der Waals surface area contributed by atoms with E-state index in [1.807, 2.05) is 14.0 Å². The maximum Gasteiger partial charge on any atom is 0.317 e. The van der Waals surface area contributed by atoms with Gasteiger partial charge < -0.3 is 20.2 Å². The highest BCUT2D eigenvalue weighted by molar-refractivity contribution is 5.74. The molecular formula is C14H27N3O3. The second-order valence-corrected chi connectivity index (χ2v) is 5.93. The van der Waals surface area contributed by atoms with E-state index in [0.717, 1.165) is 26.1 Å². The number of rotatable bonds is 7. The summed E-state index contributed by atoms with van der Waals surface area (Å²) < 4.78 is 0. The molecule has 2 atom stereocenters. The predicted molar refractivity (Wildman–Crippen MR) is 77.7 cm³/mol. The minimum absolute atomic E-state index is 0.00977. The largest absolute Gasteiger partial charge is 0.481 e. The van der Waals surface area contributed by atoms with Gasteiger partial charge in [0.2, 0.25) is 0 Å². The van der Waals surface area contributed by atoms with Crippen molar-refractivity contribution in [3.63, 3.8) is 0 Å². The Bertz CT molecular complexity index is 336. The summed E-state index contributed by atoms with van der Waals surface area (Å²) in [5, 5.41) is 11.5. The lowest BCUT2D eigenvalue weighted by Crippen LogP contribution is -2.44. The molecule has 1 rings (SSSR count). The molecular weight excluding hydrogens is 258 g/mol. The fraction of sp³-hybridized carbons (Fsp3) is 0.857. The normalized spacial score (nSPS) is 20.6. The Hall–Kier alpha value is -1.30. The first-order valence-corrected chi connectivity index (χ1v) is 7.30. The Morgan fingerprint density at radius 1 is 1.50 bits per heavy atom. The lowest BCUT2D eigenvalue weighted by molar-refractivity contribution is -0.137. The number of carboxylic acid groups (broad SMARTS) is 1. The number of hydrogen-bond donors (Lipinski definition) is 2. The van der Waals surface area contributed by atoms with Crippen LogP contribution in [-0.4, -0.2) is 66.7 Å². The number of nitrogens with one attached hydrogen (secondary N) is 1. The third kappa shape index (κ3) is 6.23. The van der Waals surface area contributed by atoms with Crippen molar-refractivity contribution < 1.29 is 14.7 Å². The Kier molecular flexibility index (Phi) is 6.78. The molecule has 0 spiro atoms. The van der Waals surface area contributed by atoms with Gasteiger partial charge in [0.15, 0.2) is 0 Å². The van der Waals surface area contributed by atoms with Gasteiger partial charge in [-0.05, 0) is 45.7 Å². The smallest absolute Gasteiger partial charge is 0.317 e. The van der Waals surface area contributed by atoms with Gasteiger partial charge in [-0.25, -0.2) is 4.79 Å². The van der Waals surface area contributed by atoms with Crippen LogP contribution in [-0.2, 0) is 4.79 Å². The standard InChI is InChI=1S/C14H27N3O3/c1-11(5-4-6-13(18)19)15-14(20)17(3)10-12-7-8-16(2)9-12/h11-12H,4-10H2,1-3H3,(H,15,20)(H,18,19). The topological polar surface area (TPSA) is 72.9 Å². The monoisotopic (exact) mass is 285 g/mol. The molecule has 2 N–H and O–H groups in total. The Morgan fingerprint density at radius 2 is 2.20 bits per heavy atom. The minimum Gasteiger partial charge on any atom is -0.481 e. The molecule has 20 heavy (non-hydrogen) atoms. The lowest BCUT2D eigenvalue weighted by atomic mass is 10.1. The summed E-state index contributed by atoms with van der Waals surface area (Å²) in [6.45, 7) is 4.84. The highest BCUT2D eigenvalue weighted by Crippen LogP contribution is 2.15. The van der Waals surface area contributed by atoms with Crippen LogP contribution in [0.2, 0.25) is 0 Å². The van der Waals surface area contributed by atoms with E-state index in [1.54, 1.807) is 4.90 Å². The van der Waals surface area contributed by atoms with E-state index in [-0.39, 0.29) is 18.5 Å². The molecule has 0 saturated carbocycles. The van der Waals surface area contributed by atoms with Crippen LogP contribution in [0.5, 0.6) is 0 Å². The number of hydrogen-bond acceptors (Lipinski definition) is 3. The van der Waals surface area contributed by atoms with Crippen molar-refractivity contribution in [2.75, 3.05) is 33.7 Å². The van der Waals surface area contributed by atoms with Gasteiger partial charge in [-0.2, -0.15) is 0 Å². The number of carbonyl (C=O) groups excluding carboxylic acids is 1. The molecule has 1 aliphatic heterocycles. The van der Waals surface area contributed by atoms with Crippen LogP contribution >= 0.6 is 0 Å². The molecule has 0 aliphatic carbocycles. The van der Waals surface area contributed by atoms with Crippen molar-refractivity contribution in [1.29, 1.82) is 0 Å². The van der Waals surface area contributed by atoms with E-state index in [0.29, 0.717) is 18.8 Å². The van der Waals surface area contributed by atoms with Crippen LogP contribution in [0.15, 0.2) is 0 Å². The lowest BCUT2D eigenvalue weighted by Gasteiger charge is -2.24. The Morgan fingerprint density at radius 3 is 2.75 bits per heavy atom. The molecule has 116 valence electrons. The number of aliphatic carboxylic acids is 1. The number of amides is 2. The van der Waals surface area contributed by atoms with Gasteiger partial charge in [-0.15, -0.1) is 0 Å². The summed E-state index contributed by atoms with van der Waals surface area (Å²) in [4.78, 5) is 26.5. The van der Waals surface area contributed by atoms with Crippen LogP contribution < -0.4 is 5.32 Å². The van der Waals surface area contributed by atoms with Crippen molar-refractivity contribution in [2.45, 2.75) is 38.6 Å². The van der Waals surface area contributed by atoms with Gasteiger partial charge in [0, 0.05) is 32.6 Å². The molecule has 6 heteroatoms. The minimum atomic E-state index is -0.786. The van der Waals surface area contributed by atoms with Gasteiger partial charge in [0.05, 0.1) is 0 Å². The average molecular weight is 285 g/mol. The highest BCUT2D eigenvalue weighted by atomic mass is 16.4. The van der Waals surface area contributed by atoms with Crippen molar-refractivity contribution >= 4 is 12.0 Å². The van der Waals surface area contributed by atoms with Crippen molar-refractivity contribution in [2.24, 2.45) is 5.92 Å². The van der Waals surface area contributed by atoms with Gasteiger partial charge in [0.1, 0.15) is 0 Å².